The van der Waals surface area contributed by atoms with Gasteiger partial charge in [0.05, 0.1) is 18.8 Å². The zero-order valence-electron chi connectivity index (χ0n) is 13.1. The molecule has 1 heterocycles. The first kappa shape index (κ1) is 16.1. The molecule has 7 heteroatoms. The number of halogens is 3. The second-order valence-electron chi connectivity index (χ2n) is 5.93. The molecule has 1 aliphatic carbocycles. The van der Waals surface area contributed by atoms with Crippen LogP contribution in [0.3, 0.4) is 0 Å². The summed E-state index contributed by atoms with van der Waals surface area (Å²) < 4.78 is 57.8. The lowest BCUT2D eigenvalue weighted by atomic mass is 10.00. The Balaban J connectivity index is 1.85. The van der Waals surface area contributed by atoms with Crippen LogP contribution < -0.4 is 4.74 Å². The summed E-state index contributed by atoms with van der Waals surface area (Å²) in [6, 6.07) is 5.71. The number of carbonyl (C=O) groups is 1. The Bertz CT molecular complexity index is 855. The number of aryl methyl sites for hydroxylation is 1. The molecule has 0 radical (unpaired) electrons. The van der Waals surface area contributed by atoms with Crippen molar-refractivity contribution in [2.75, 3.05) is 13.2 Å². The molecule has 2 aromatic carbocycles. The van der Waals surface area contributed by atoms with E-state index in [0.717, 1.165) is 12.1 Å². The monoisotopic (exact) mass is 350 g/mol. The van der Waals surface area contributed by atoms with Crippen molar-refractivity contribution < 1.29 is 32.2 Å². The lowest BCUT2D eigenvalue weighted by Gasteiger charge is -2.25. The molecule has 4 rings (SSSR count). The number of ketones is 1. The van der Waals surface area contributed by atoms with Crippen molar-refractivity contribution in [3.8, 4) is 11.5 Å². The molecule has 0 bridgehead atoms. The van der Waals surface area contributed by atoms with Crippen molar-refractivity contribution in [1.29, 1.82) is 0 Å². The van der Waals surface area contributed by atoms with Gasteiger partial charge in [0, 0.05) is 23.8 Å². The van der Waals surface area contributed by atoms with Crippen LogP contribution in [0.15, 0.2) is 30.3 Å². The highest BCUT2D eigenvalue weighted by molar-refractivity contribution is 6.07. The number of alkyl halides is 1. The highest BCUT2D eigenvalue weighted by atomic mass is 19.1. The Morgan fingerprint density at radius 3 is 2.40 bits per heavy atom. The van der Waals surface area contributed by atoms with Gasteiger partial charge in [0.1, 0.15) is 23.1 Å². The first-order chi connectivity index (χ1) is 11.9. The Morgan fingerprint density at radius 2 is 1.76 bits per heavy atom. The molecule has 1 fully saturated rings. The standard InChI is InChI=1S/C18H13F3O4/c1-9-2-3-13(25-12-7-10(19)6-11(20)8-12)14-15(9)18(17(21)16(14)22)23-4-5-24-18/h2-3,6-8,17H,4-5H2,1H3. The van der Waals surface area contributed by atoms with E-state index in [0.29, 0.717) is 11.6 Å². The molecular formula is C18H13F3O4. The van der Waals surface area contributed by atoms with Crippen molar-refractivity contribution in [3.63, 3.8) is 0 Å². The second kappa shape index (κ2) is 5.57. The van der Waals surface area contributed by atoms with Gasteiger partial charge in [-0.2, -0.15) is 0 Å². The van der Waals surface area contributed by atoms with Crippen molar-refractivity contribution in [2.45, 2.75) is 18.9 Å². The zero-order valence-corrected chi connectivity index (χ0v) is 13.1. The number of ether oxygens (including phenoxy) is 3. The van der Waals surface area contributed by atoms with Gasteiger partial charge in [0.25, 0.3) is 0 Å². The minimum Gasteiger partial charge on any atom is -0.456 e. The summed E-state index contributed by atoms with van der Waals surface area (Å²) in [5.41, 5.74) is 0.833. The van der Waals surface area contributed by atoms with E-state index in [1.54, 1.807) is 13.0 Å². The summed E-state index contributed by atoms with van der Waals surface area (Å²) in [5, 5.41) is 0. The third-order valence-corrected chi connectivity index (χ3v) is 4.31. The van der Waals surface area contributed by atoms with E-state index >= 15 is 0 Å². The maximum absolute atomic E-state index is 14.7. The first-order valence-corrected chi connectivity index (χ1v) is 7.66. The summed E-state index contributed by atoms with van der Waals surface area (Å²) in [6.07, 6.45) is -2.03. The summed E-state index contributed by atoms with van der Waals surface area (Å²) >= 11 is 0. The lowest BCUT2D eigenvalue weighted by molar-refractivity contribution is -0.191. The molecule has 1 saturated heterocycles. The van der Waals surface area contributed by atoms with Crippen LogP contribution in [0.5, 0.6) is 11.5 Å². The maximum atomic E-state index is 14.7. The van der Waals surface area contributed by atoms with E-state index in [1.165, 1.54) is 6.07 Å². The molecule has 4 nitrogen and oxygen atoms in total. The minimum absolute atomic E-state index is 0.00535. The zero-order chi connectivity index (χ0) is 17.8. The van der Waals surface area contributed by atoms with Gasteiger partial charge >= 0.3 is 0 Å². The molecular weight excluding hydrogens is 337 g/mol. The van der Waals surface area contributed by atoms with E-state index in [1.807, 2.05) is 0 Å². The summed E-state index contributed by atoms with van der Waals surface area (Å²) in [4.78, 5) is 12.5. The highest BCUT2D eigenvalue weighted by Crippen LogP contribution is 2.50. The fourth-order valence-corrected chi connectivity index (χ4v) is 3.33. The fraction of sp³-hybridized carbons (Fsp3) is 0.278. The molecule has 1 unspecified atom stereocenters. The van der Waals surface area contributed by atoms with Crippen LogP contribution in [0.25, 0.3) is 0 Å². The van der Waals surface area contributed by atoms with Crippen molar-refractivity contribution >= 4 is 5.78 Å². The number of benzene rings is 2. The van der Waals surface area contributed by atoms with Gasteiger partial charge < -0.3 is 14.2 Å². The smallest absolute Gasteiger partial charge is 0.236 e. The SMILES string of the molecule is Cc1ccc(Oc2cc(F)cc(F)c2)c2c1C1(OCCO1)C(F)C2=O. The van der Waals surface area contributed by atoms with Crippen LogP contribution in [-0.2, 0) is 15.3 Å². The van der Waals surface area contributed by atoms with E-state index in [4.69, 9.17) is 14.2 Å². The molecule has 2 aliphatic rings. The maximum Gasteiger partial charge on any atom is 0.236 e. The number of Topliss-reactive ketones (excluding diaryl/α,β-unsaturated/α-hetero) is 1. The minimum atomic E-state index is -2.03. The quantitative estimate of drug-likeness (QED) is 0.826. The third-order valence-electron chi connectivity index (χ3n) is 4.31. The Hall–Kier alpha value is -2.38. The van der Waals surface area contributed by atoms with Gasteiger partial charge in [0.15, 0.2) is 0 Å². The average Bonchev–Trinajstić information content (AvgIpc) is 3.11. The van der Waals surface area contributed by atoms with Crippen molar-refractivity contribution in [2.24, 2.45) is 0 Å². The molecule has 0 saturated carbocycles. The average molecular weight is 350 g/mol. The van der Waals surface area contributed by atoms with Gasteiger partial charge in [-0.3, -0.25) is 4.79 Å². The normalized spacial score (nSPS) is 21.0. The molecule has 1 atom stereocenters. The van der Waals surface area contributed by atoms with Crippen molar-refractivity contribution in [1.82, 2.24) is 0 Å². The number of rotatable bonds is 2. The van der Waals surface area contributed by atoms with E-state index in [9.17, 15) is 18.0 Å². The largest absolute Gasteiger partial charge is 0.456 e. The molecule has 1 aliphatic heterocycles. The molecule has 0 N–H and O–H groups in total. The summed E-state index contributed by atoms with van der Waals surface area (Å²) in [6.45, 7) is 2.02. The lowest BCUT2D eigenvalue weighted by Crippen LogP contribution is -2.36. The van der Waals surface area contributed by atoms with E-state index < -0.39 is 29.4 Å². The number of hydrogen-bond donors (Lipinski definition) is 0. The van der Waals surface area contributed by atoms with Gasteiger partial charge in [-0.05, 0) is 18.6 Å². The van der Waals surface area contributed by atoms with Gasteiger partial charge in [-0.25, -0.2) is 13.2 Å². The number of fused-ring (bicyclic) bond motifs is 2. The molecule has 1 spiro atoms. The number of carbonyl (C=O) groups excluding carboxylic acids is 1. The molecule has 0 aromatic heterocycles. The summed E-state index contributed by atoms with van der Waals surface area (Å²) in [7, 11) is 0. The second-order valence-corrected chi connectivity index (χ2v) is 5.93. The van der Waals surface area contributed by atoms with E-state index in [-0.39, 0.29) is 35.8 Å². The number of hydrogen-bond acceptors (Lipinski definition) is 4. The fourth-order valence-electron chi connectivity index (χ4n) is 3.33. The molecule has 130 valence electrons. The first-order valence-electron chi connectivity index (χ1n) is 7.66. The van der Waals surface area contributed by atoms with Gasteiger partial charge in [-0.1, -0.05) is 6.07 Å². The molecule has 2 aromatic rings. The predicted octanol–water partition coefficient (Wildman–Crippen LogP) is 3.80. The van der Waals surface area contributed by atoms with Crippen LogP contribution >= 0.6 is 0 Å². The Labute approximate surface area is 141 Å². The molecule has 25 heavy (non-hydrogen) atoms. The Kier molecular flexibility index (Phi) is 3.59. The van der Waals surface area contributed by atoms with Crippen LogP contribution in [0.1, 0.15) is 21.5 Å². The highest BCUT2D eigenvalue weighted by Gasteiger charge is 2.59. The Morgan fingerprint density at radius 1 is 1.12 bits per heavy atom. The van der Waals surface area contributed by atoms with E-state index in [2.05, 4.69) is 0 Å². The van der Waals surface area contributed by atoms with Crippen LogP contribution in [0.4, 0.5) is 13.2 Å². The van der Waals surface area contributed by atoms with Crippen LogP contribution in [0.2, 0.25) is 0 Å². The van der Waals surface area contributed by atoms with Crippen molar-refractivity contribution in [3.05, 3.63) is 58.7 Å². The summed E-state index contributed by atoms with van der Waals surface area (Å²) in [5.74, 6) is -4.41. The van der Waals surface area contributed by atoms with Crippen LogP contribution in [0, 0.1) is 18.6 Å². The topological polar surface area (TPSA) is 44.8 Å². The van der Waals surface area contributed by atoms with Crippen LogP contribution in [-0.4, -0.2) is 25.2 Å². The third kappa shape index (κ3) is 2.34. The molecule has 0 amide bonds. The van der Waals surface area contributed by atoms with Gasteiger partial charge in [-0.15, -0.1) is 0 Å². The predicted molar refractivity (Wildman–Crippen MR) is 80.4 cm³/mol. The van der Waals surface area contributed by atoms with Gasteiger partial charge in [0.2, 0.25) is 17.7 Å².